The van der Waals surface area contributed by atoms with E-state index in [-0.39, 0.29) is 0 Å². The minimum absolute atomic E-state index is 0.787. The summed E-state index contributed by atoms with van der Waals surface area (Å²) in [5, 5.41) is 0. The van der Waals surface area contributed by atoms with Gasteiger partial charge in [0.25, 0.3) is 0 Å². The van der Waals surface area contributed by atoms with Crippen LogP contribution in [0.25, 0.3) is 0 Å². The highest BCUT2D eigenvalue weighted by Crippen LogP contribution is 2.12. The Balaban J connectivity index is 0. The van der Waals surface area contributed by atoms with Gasteiger partial charge in [-0.25, -0.2) is 0 Å². The van der Waals surface area contributed by atoms with Crippen LogP contribution in [0.5, 0.6) is 0 Å². The number of rotatable bonds is 6. The molecule has 0 radical (unpaired) electrons. The van der Waals surface area contributed by atoms with E-state index in [1.54, 1.807) is 27.4 Å². The van der Waals surface area contributed by atoms with Crippen molar-refractivity contribution in [1.82, 2.24) is 0 Å². The lowest BCUT2D eigenvalue weighted by atomic mass is 10.5. The normalized spacial score (nSPS) is 10.4. The predicted octanol–water partition coefficient (Wildman–Crippen LogP) is 2.58. The molecule has 14 heavy (non-hydrogen) atoms. The summed E-state index contributed by atoms with van der Waals surface area (Å²) >= 11 is 0. The summed E-state index contributed by atoms with van der Waals surface area (Å²) in [6.07, 6.45) is 2.76. The number of allylic oxidation sites excluding steroid dienone is 1. The lowest BCUT2D eigenvalue weighted by Gasteiger charge is -2.22. The van der Waals surface area contributed by atoms with Gasteiger partial charge in [0.05, 0.1) is 0 Å². The van der Waals surface area contributed by atoms with Gasteiger partial charge in [-0.15, -0.1) is 6.58 Å². The maximum atomic E-state index is 5.29. The van der Waals surface area contributed by atoms with Crippen molar-refractivity contribution in [2.75, 3.05) is 27.9 Å². The molecule has 0 aromatic heterocycles. The number of ether oxygens (including phenoxy) is 1. The Kier molecular flexibility index (Phi) is 12.7. The Morgan fingerprint density at radius 1 is 1.21 bits per heavy atom. The van der Waals surface area contributed by atoms with Crippen LogP contribution in [0.1, 0.15) is 13.3 Å². The summed E-state index contributed by atoms with van der Waals surface area (Å²) in [5.74, 6) is 0. The maximum Gasteiger partial charge on any atom is 0.334 e. The molecule has 0 N–H and O–H groups in total. The highest BCUT2D eigenvalue weighted by Gasteiger charge is 2.27. The van der Waals surface area contributed by atoms with Gasteiger partial charge in [0, 0.05) is 27.9 Å². The van der Waals surface area contributed by atoms with Crippen molar-refractivity contribution < 1.29 is 13.6 Å². The van der Waals surface area contributed by atoms with Crippen molar-refractivity contribution in [3.63, 3.8) is 0 Å². The van der Waals surface area contributed by atoms with Crippen LogP contribution in [0.15, 0.2) is 12.7 Å². The van der Waals surface area contributed by atoms with Gasteiger partial charge in [0.15, 0.2) is 0 Å². The van der Waals surface area contributed by atoms with Crippen molar-refractivity contribution in [1.29, 1.82) is 0 Å². The van der Waals surface area contributed by atoms with E-state index in [0.29, 0.717) is 0 Å². The molecule has 0 aromatic carbocycles. The second-order valence-electron chi connectivity index (χ2n) is 3.05. The lowest BCUT2D eigenvalue weighted by molar-refractivity contribution is 0.190. The van der Waals surface area contributed by atoms with Crippen molar-refractivity contribution >= 4 is 8.56 Å². The largest absolute Gasteiger partial charge is 0.398 e. The summed E-state index contributed by atoms with van der Waals surface area (Å²) in [4.78, 5) is 0. The molecule has 0 atom stereocenters. The summed E-state index contributed by atoms with van der Waals surface area (Å²) in [7, 11) is 3.31. The molecule has 0 bridgehead atoms. The Hall–Kier alpha value is -0.163. The number of methoxy groups -OCH3 is 1. The van der Waals surface area contributed by atoms with Gasteiger partial charge in [-0.3, -0.25) is 0 Å². The smallest absolute Gasteiger partial charge is 0.334 e. The fraction of sp³-hybridized carbons (Fsp3) is 0.800. The van der Waals surface area contributed by atoms with E-state index >= 15 is 0 Å². The minimum atomic E-state index is -1.81. The van der Waals surface area contributed by atoms with E-state index in [2.05, 4.69) is 13.1 Å². The average molecular weight is 220 g/mol. The van der Waals surface area contributed by atoms with Gasteiger partial charge in [0.2, 0.25) is 0 Å². The van der Waals surface area contributed by atoms with Crippen LogP contribution in [0.2, 0.25) is 12.6 Å². The molecule has 0 aliphatic heterocycles. The van der Waals surface area contributed by atoms with Gasteiger partial charge in [-0.05, 0) is 25.9 Å². The van der Waals surface area contributed by atoms with E-state index in [1.165, 1.54) is 0 Å². The standard InChI is InChI=1S/C7H18O3Si.C3H6/c1-8-6-5-7-11(4,9-2)10-3;1-3-2/h5-7H2,1-4H3;3H,1H2,2H3. The second-order valence-corrected chi connectivity index (χ2v) is 6.63. The van der Waals surface area contributed by atoms with Crippen LogP contribution in [-0.4, -0.2) is 36.5 Å². The quantitative estimate of drug-likeness (QED) is 0.391. The third-order valence-corrected chi connectivity index (χ3v) is 4.83. The Bertz CT molecular complexity index is 125. The van der Waals surface area contributed by atoms with Crippen LogP contribution in [0.3, 0.4) is 0 Å². The molecule has 0 rings (SSSR count). The molecule has 0 saturated heterocycles. The third kappa shape index (κ3) is 9.92. The van der Waals surface area contributed by atoms with Gasteiger partial charge < -0.3 is 13.6 Å². The lowest BCUT2D eigenvalue weighted by Crippen LogP contribution is -2.36. The van der Waals surface area contributed by atoms with Crippen LogP contribution in [0, 0.1) is 0 Å². The summed E-state index contributed by atoms with van der Waals surface area (Å²) in [6.45, 7) is 8.10. The van der Waals surface area contributed by atoms with Crippen LogP contribution >= 0.6 is 0 Å². The molecule has 0 amide bonds. The highest BCUT2D eigenvalue weighted by molar-refractivity contribution is 6.65. The fourth-order valence-corrected chi connectivity index (χ4v) is 2.19. The van der Waals surface area contributed by atoms with Crippen molar-refractivity contribution in [2.24, 2.45) is 0 Å². The molecule has 0 aliphatic rings. The van der Waals surface area contributed by atoms with E-state index in [1.807, 2.05) is 6.92 Å². The van der Waals surface area contributed by atoms with Crippen molar-refractivity contribution in [3.05, 3.63) is 12.7 Å². The Morgan fingerprint density at radius 3 is 1.93 bits per heavy atom. The third-order valence-electron chi connectivity index (χ3n) is 1.84. The molecule has 3 nitrogen and oxygen atoms in total. The molecule has 0 spiro atoms. The molecular formula is C10H24O3Si. The average Bonchev–Trinajstić information content (AvgIpc) is 2.19. The van der Waals surface area contributed by atoms with Crippen molar-refractivity contribution in [3.8, 4) is 0 Å². The first-order valence-corrected chi connectivity index (χ1v) is 7.28. The molecule has 0 heterocycles. The van der Waals surface area contributed by atoms with E-state index in [4.69, 9.17) is 13.6 Å². The Labute approximate surface area is 89.3 Å². The molecule has 86 valence electrons. The Morgan fingerprint density at radius 2 is 1.64 bits per heavy atom. The van der Waals surface area contributed by atoms with Crippen LogP contribution in [0.4, 0.5) is 0 Å². The zero-order valence-electron chi connectivity index (χ0n) is 10.1. The van der Waals surface area contributed by atoms with Gasteiger partial charge in [-0.2, -0.15) is 0 Å². The zero-order valence-corrected chi connectivity index (χ0v) is 11.1. The van der Waals surface area contributed by atoms with E-state index in [9.17, 15) is 0 Å². The summed E-state index contributed by atoms with van der Waals surface area (Å²) in [5.41, 5.74) is 0. The SMILES string of the molecule is C=CC.COCCC[Si](C)(OC)OC. The van der Waals surface area contributed by atoms with Crippen LogP contribution in [-0.2, 0) is 13.6 Å². The summed E-state index contributed by atoms with van der Waals surface area (Å²) in [6, 6.07) is 0.994. The summed E-state index contributed by atoms with van der Waals surface area (Å²) < 4.78 is 15.5. The number of hydrogen-bond acceptors (Lipinski definition) is 3. The van der Waals surface area contributed by atoms with Gasteiger partial charge in [-0.1, -0.05) is 6.08 Å². The first kappa shape index (κ1) is 16.3. The second kappa shape index (κ2) is 10.9. The van der Waals surface area contributed by atoms with Crippen LogP contribution < -0.4 is 0 Å². The number of hydrogen-bond donors (Lipinski definition) is 0. The molecule has 0 unspecified atom stereocenters. The fourth-order valence-electron chi connectivity index (χ4n) is 0.825. The molecule has 4 heteroatoms. The van der Waals surface area contributed by atoms with Gasteiger partial charge in [0.1, 0.15) is 0 Å². The first-order valence-electron chi connectivity index (χ1n) is 4.76. The first-order chi connectivity index (χ1) is 6.60. The van der Waals surface area contributed by atoms with Gasteiger partial charge >= 0.3 is 8.56 Å². The highest BCUT2D eigenvalue weighted by atomic mass is 28.4. The molecule has 0 saturated carbocycles. The van der Waals surface area contributed by atoms with E-state index < -0.39 is 8.56 Å². The molecule has 0 aromatic rings. The molecule has 0 fully saturated rings. The monoisotopic (exact) mass is 220 g/mol. The van der Waals surface area contributed by atoms with E-state index in [0.717, 1.165) is 19.1 Å². The maximum absolute atomic E-state index is 5.29. The molecular weight excluding hydrogens is 196 g/mol. The zero-order chi connectivity index (χ0) is 11.4. The topological polar surface area (TPSA) is 27.7 Å². The van der Waals surface area contributed by atoms with Crippen molar-refractivity contribution in [2.45, 2.75) is 25.9 Å². The predicted molar refractivity (Wildman–Crippen MR) is 62.8 cm³/mol. The molecule has 0 aliphatic carbocycles. The minimum Gasteiger partial charge on any atom is -0.398 e.